The van der Waals surface area contributed by atoms with E-state index >= 15 is 0 Å². The number of ether oxygens (including phenoxy) is 1. The number of carbonyl (C=O) groups excluding carboxylic acids is 2. The summed E-state index contributed by atoms with van der Waals surface area (Å²) in [6.07, 6.45) is 0. The lowest BCUT2D eigenvalue weighted by atomic mass is 10.1. The molecule has 1 amide bonds. The molecule has 0 fully saturated rings. The molecule has 0 spiro atoms. The average molecular weight is 409 g/mol. The number of anilines is 2. The maximum Gasteiger partial charge on any atom is 0.338 e. The van der Waals surface area contributed by atoms with E-state index in [0.29, 0.717) is 16.4 Å². The van der Waals surface area contributed by atoms with Crippen LogP contribution in [0, 0.1) is 27.7 Å². The Morgan fingerprint density at radius 1 is 1.03 bits per heavy atom. The fourth-order valence-corrected chi connectivity index (χ4v) is 4.04. The van der Waals surface area contributed by atoms with E-state index in [1.54, 1.807) is 4.90 Å². The summed E-state index contributed by atoms with van der Waals surface area (Å²) in [6.45, 7) is 9.34. The molecule has 5 nitrogen and oxygen atoms in total. The highest BCUT2D eigenvalue weighted by Crippen LogP contribution is 2.33. The fourth-order valence-electron chi connectivity index (χ4n) is 3.18. The van der Waals surface area contributed by atoms with Crippen molar-refractivity contribution in [2.45, 2.75) is 41.2 Å². The SMILES string of the molecule is CC(=O)N(c1nc(COC(=O)c2cc(C)ccc2C)cs1)c1c(C)cccc1C. The van der Waals surface area contributed by atoms with E-state index in [4.69, 9.17) is 4.74 Å². The number of nitrogens with zero attached hydrogens (tertiary/aromatic N) is 2. The Labute approximate surface area is 175 Å². The van der Waals surface area contributed by atoms with Gasteiger partial charge in [0.15, 0.2) is 5.13 Å². The Balaban J connectivity index is 1.80. The molecule has 0 atom stereocenters. The van der Waals surface area contributed by atoms with Crippen molar-refractivity contribution in [1.82, 2.24) is 4.98 Å². The van der Waals surface area contributed by atoms with E-state index in [2.05, 4.69) is 4.98 Å². The second-order valence-electron chi connectivity index (χ2n) is 7.11. The summed E-state index contributed by atoms with van der Waals surface area (Å²) >= 11 is 1.35. The number of aryl methyl sites for hydroxylation is 4. The van der Waals surface area contributed by atoms with Gasteiger partial charge in [-0.3, -0.25) is 9.69 Å². The number of hydrogen-bond donors (Lipinski definition) is 0. The van der Waals surface area contributed by atoms with Crippen molar-refractivity contribution < 1.29 is 14.3 Å². The van der Waals surface area contributed by atoms with Crippen molar-refractivity contribution >= 4 is 34.0 Å². The van der Waals surface area contributed by atoms with Crippen LogP contribution in [0.15, 0.2) is 41.8 Å². The summed E-state index contributed by atoms with van der Waals surface area (Å²) in [5.41, 5.74) is 5.88. The summed E-state index contributed by atoms with van der Waals surface area (Å²) in [5, 5.41) is 2.38. The quantitative estimate of drug-likeness (QED) is 0.529. The predicted molar refractivity (Wildman–Crippen MR) is 116 cm³/mol. The van der Waals surface area contributed by atoms with Crippen LogP contribution in [0.3, 0.4) is 0 Å². The monoisotopic (exact) mass is 408 g/mol. The smallest absolute Gasteiger partial charge is 0.338 e. The third-order valence-electron chi connectivity index (χ3n) is 4.67. The lowest BCUT2D eigenvalue weighted by Crippen LogP contribution is -2.24. The molecule has 2 aromatic carbocycles. The van der Waals surface area contributed by atoms with Gasteiger partial charge in [-0.05, 0) is 50.5 Å². The number of thiazole rings is 1. The number of carbonyl (C=O) groups is 2. The first-order valence-electron chi connectivity index (χ1n) is 9.33. The van der Waals surface area contributed by atoms with Gasteiger partial charge in [0, 0.05) is 12.3 Å². The summed E-state index contributed by atoms with van der Waals surface area (Å²) in [5.74, 6) is -0.491. The van der Waals surface area contributed by atoms with Gasteiger partial charge in [0.1, 0.15) is 6.61 Å². The third kappa shape index (κ3) is 4.54. The molecule has 3 rings (SSSR count). The Hall–Kier alpha value is -2.99. The van der Waals surface area contributed by atoms with Gasteiger partial charge in [0.25, 0.3) is 0 Å². The van der Waals surface area contributed by atoms with E-state index in [0.717, 1.165) is 27.9 Å². The summed E-state index contributed by atoms with van der Waals surface area (Å²) < 4.78 is 5.46. The van der Waals surface area contributed by atoms with Crippen LogP contribution < -0.4 is 4.90 Å². The Bertz CT molecular complexity index is 1050. The Morgan fingerprint density at radius 3 is 2.38 bits per heavy atom. The lowest BCUT2D eigenvalue weighted by molar-refractivity contribution is -0.115. The van der Waals surface area contributed by atoms with Crippen LogP contribution in [0.2, 0.25) is 0 Å². The number of esters is 1. The van der Waals surface area contributed by atoms with Crippen LogP contribution in [0.5, 0.6) is 0 Å². The zero-order valence-electron chi connectivity index (χ0n) is 17.3. The van der Waals surface area contributed by atoms with Crippen LogP contribution in [0.1, 0.15) is 45.2 Å². The van der Waals surface area contributed by atoms with E-state index in [1.165, 1.54) is 18.3 Å². The zero-order valence-corrected chi connectivity index (χ0v) is 18.1. The molecule has 6 heteroatoms. The standard InChI is InChI=1S/C23H24N2O3S/c1-14-9-10-15(2)20(11-14)22(27)28-12-19-13-29-23(24-19)25(18(5)26)21-16(3)7-6-8-17(21)4/h6-11,13H,12H2,1-5H3. The number of amides is 1. The van der Waals surface area contributed by atoms with Gasteiger partial charge >= 0.3 is 5.97 Å². The molecule has 0 aliphatic heterocycles. The third-order valence-corrected chi connectivity index (χ3v) is 5.55. The number of benzene rings is 2. The average Bonchev–Trinajstić information content (AvgIpc) is 3.12. The molecule has 0 aliphatic carbocycles. The molecule has 0 unspecified atom stereocenters. The van der Waals surface area contributed by atoms with Gasteiger partial charge in [-0.1, -0.05) is 35.9 Å². The Morgan fingerprint density at radius 2 is 1.72 bits per heavy atom. The predicted octanol–water partition coefficient (Wildman–Crippen LogP) is 5.42. The molecule has 150 valence electrons. The minimum Gasteiger partial charge on any atom is -0.456 e. The highest BCUT2D eigenvalue weighted by atomic mass is 32.1. The van der Waals surface area contributed by atoms with Gasteiger partial charge < -0.3 is 4.74 Å². The minimum absolute atomic E-state index is 0.0568. The number of para-hydroxylation sites is 1. The van der Waals surface area contributed by atoms with Gasteiger partial charge in [0.05, 0.1) is 16.9 Å². The van der Waals surface area contributed by atoms with Crippen molar-refractivity contribution in [2.24, 2.45) is 0 Å². The normalized spacial score (nSPS) is 10.7. The topological polar surface area (TPSA) is 59.5 Å². The molecule has 1 heterocycles. The lowest BCUT2D eigenvalue weighted by Gasteiger charge is -2.22. The number of rotatable bonds is 5. The minimum atomic E-state index is -0.376. The van der Waals surface area contributed by atoms with Gasteiger partial charge in [0.2, 0.25) is 5.91 Å². The van der Waals surface area contributed by atoms with Crippen molar-refractivity contribution in [2.75, 3.05) is 4.90 Å². The van der Waals surface area contributed by atoms with Gasteiger partial charge in [-0.25, -0.2) is 9.78 Å². The molecule has 0 radical (unpaired) electrons. The van der Waals surface area contributed by atoms with E-state index in [1.807, 2.05) is 69.5 Å². The Kier molecular flexibility index (Phi) is 6.13. The molecule has 0 aliphatic rings. The van der Waals surface area contributed by atoms with Crippen LogP contribution in [0.4, 0.5) is 10.8 Å². The first-order valence-corrected chi connectivity index (χ1v) is 10.2. The second kappa shape index (κ2) is 8.57. The van der Waals surface area contributed by atoms with E-state index in [-0.39, 0.29) is 18.5 Å². The largest absolute Gasteiger partial charge is 0.456 e. The molecule has 29 heavy (non-hydrogen) atoms. The summed E-state index contributed by atoms with van der Waals surface area (Å²) in [7, 11) is 0. The van der Waals surface area contributed by atoms with Crippen LogP contribution in [-0.2, 0) is 16.1 Å². The van der Waals surface area contributed by atoms with Gasteiger partial charge in [-0.15, -0.1) is 11.3 Å². The fraction of sp³-hybridized carbons (Fsp3) is 0.261. The van der Waals surface area contributed by atoms with Crippen molar-refractivity contribution in [1.29, 1.82) is 0 Å². The highest BCUT2D eigenvalue weighted by Gasteiger charge is 2.22. The zero-order chi connectivity index (χ0) is 21.1. The highest BCUT2D eigenvalue weighted by molar-refractivity contribution is 7.14. The summed E-state index contributed by atoms with van der Waals surface area (Å²) in [4.78, 5) is 31.0. The van der Waals surface area contributed by atoms with Crippen molar-refractivity contribution in [3.05, 3.63) is 75.3 Å². The maximum absolute atomic E-state index is 12.4. The second-order valence-corrected chi connectivity index (χ2v) is 7.95. The molecular weight excluding hydrogens is 384 g/mol. The van der Waals surface area contributed by atoms with Crippen LogP contribution in [-0.4, -0.2) is 16.9 Å². The number of hydrogen-bond acceptors (Lipinski definition) is 5. The number of aromatic nitrogens is 1. The van der Waals surface area contributed by atoms with E-state index < -0.39 is 0 Å². The molecule has 0 saturated carbocycles. The molecule has 0 bridgehead atoms. The first kappa shape index (κ1) is 20.7. The first-order chi connectivity index (χ1) is 13.8. The maximum atomic E-state index is 12.4. The molecule has 3 aromatic rings. The molecule has 0 saturated heterocycles. The summed E-state index contributed by atoms with van der Waals surface area (Å²) in [6, 6.07) is 11.6. The van der Waals surface area contributed by atoms with Crippen LogP contribution in [0.25, 0.3) is 0 Å². The molecule has 0 N–H and O–H groups in total. The molecule has 1 aromatic heterocycles. The molecular formula is C23H24N2O3S. The van der Waals surface area contributed by atoms with E-state index in [9.17, 15) is 9.59 Å². The van der Waals surface area contributed by atoms with Crippen molar-refractivity contribution in [3.63, 3.8) is 0 Å². The van der Waals surface area contributed by atoms with Gasteiger partial charge in [-0.2, -0.15) is 0 Å². The van der Waals surface area contributed by atoms with Crippen LogP contribution >= 0.6 is 11.3 Å². The van der Waals surface area contributed by atoms with Crippen molar-refractivity contribution in [3.8, 4) is 0 Å².